The molecule has 1 aromatic rings. The number of nitrogens with zero attached hydrogens (tertiary/aromatic N) is 2. The molecule has 0 bridgehead atoms. The largest absolute Gasteiger partial charge is 0.506 e. The molecule has 2 amide bonds. The smallest absolute Gasteiger partial charge is 0.344 e. The van der Waals surface area contributed by atoms with Gasteiger partial charge in [0, 0.05) is 19.5 Å². The van der Waals surface area contributed by atoms with Gasteiger partial charge in [-0.25, -0.2) is 9.59 Å². The molecular weight excluding hydrogens is 629 g/mol. The number of fused-ring (bicyclic) bond motifs is 1. The maximum absolute atomic E-state index is 13.2. The van der Waals surface area contributed by atoms with Crippen LogP contribution in [0, 0.1) is 13.1 Å². The Morgan fingerprint density at radius 2 is 2.00 bits per heavy atom. The molecule has 0 fully saturated rings. The van der Waals surface area contributed by atoms with Gasteiger partial charge < -0.3 is 29.4 Å². The average Bonchev–Trinajstić information content (AvgIpc) is 2.62. The van der Waals surface area contributed by atoms with Crippen LogP contribution in [0.5, 0.6) is 5.75 Å². The minimum atomic E-state index is -4.50. The Hall–Kier alpha value is -0.630. The Bertz CT molecular complexity index is 859. The summed E-state index contributed by atoms with van der Waals surface area (Å²) in [7, 11) is -3.28. The lowest BCUT2D eigenvalue weighted by Gasteiger charge is -2.39. The molecule has 1 aromatic carbocycles. The highest BCUT2D eigenvalue weighted by Crippen LogP contribution is 2.38. The summed E-state index contributed by atoms with van der Waals surface area (Å²) < 4.78 is 17.7. The van der Waals surface area contributed by atoms with Crippen LogP contribution in [0.4, 0.5) is 4.79 Å². The Kier molecular flexibility index (Phi) is 8.21. The summed E-state index contributed by atoms with van der Waals surface area (Å²) in [5.74, 6) is -0.546. The van der Waals surface area contributed by atoms with Crippen molar-refractivity contribution < 1.29 is 33.8 Å². The van der Waals surface area contributed by atoms with Gasteiger partial charge in [-0.05, 0) is 68.3 Å². The van der Waals surface area contributed by atoms with E-state index < -0.39 is 31.9 Å². The van der Waals surface area contributed by atoms with Crippen molar-refractivity contribution in [3.05, 3.63) is 24.3 Å². The van der Waals surface area contributed by atoms with E-state index in [1.165, 1.54) is 12.0 Å². The molecule has 0 radical (unpaired) electrons. The van der Waals surface area contributed by atoms with Gasteiger partial charge in [0.15, 0.2) is 0 Å². The normalized spacial score (nSPS) is 16.6. The van der Waals surface area contributed by atoms with Gasteiger partial charge in [-0.2, -0.15) is 0 Å². The molecule has 0 aliphatic carbocycles. The number of ether oxygens (including phenoxy) is 1. The van der Waals surface area contributed by atoms with Crippen molar-refractivity contribution in [1.29, 1.82) is 0 Å². The number of halogens is 2. The lowest BCUT2D eigenvalue weighted by Crippen LogP contribution is -2.54. The van der Waals surface area contributed by atoms with Crippen molar-refractivity contribution in [3.8, 4) is 5.75 Å². The lowest BCUT2D eigenvalue weighted by molar-refractivity contribution is -0.146. The average molecular weight is 652 g/mol. The van der Waals surface area contributed by atoms with E-state index >= 15 is 0 Å². The number of amides is 2. The van der Waals surface area contributed by atoms with Gasteiger partial charge in [0.1, 0.15) is 18.1 Å². The van der Waals surface area contributed by atoms with E-state index in [-0.39, 0.29) is 31.2 Å². The summed E-state index contributed by atoms with van der Waals surface area (Å²) >= 11 is 3.99. The molecule has 2 rings (SSSR count). The van der Waals surface area contributed by atoms with E-state index in [9.17, 15) is 29.0 Å². The number of urea groups is 1. The second kappa shape index (κ2) is 9.67. The van der Waals surface area contributed by atoms with Gasteiger partial charge in [0.25, 0.3) is 0 Å². The number of esters is 1. The van der Waals surface area contributed by atoms with Gasteiger partial charge >= 0.3 is 19.6 Å². The standard InChI is InChI=1S/C17H23I2N2O7P/c1-9(2)6-20(8-29(25,26)27)17(24)21-7-11-10(5-13(21)16(23)28-3)4-12(18)15(22)14(11)19/h4,9,13,22H,5-8H2,1-3H3,(H2,25,26,27)/t13-/m0/s1. The van der Waals surface area contributed by atoms with Gasteiger partial charge in [-0.1, -0.05) is 13.8 Å². The lowest BCUT2D eigenvalue weighted by atomic mass is 9.94. The van der Waals surface area contributed by atoms with Crippen molar-refractivity contribution in [2.45, 2.75) is 32.9 Å². The topological polar surface area (TPSA) is 128 Å². The Morgan fingerprint density at radius 3 is 2.52 bits per heavy atom. The highest BCUT2D eigenvalue weighted by Gasteiger charge is 2.40. The van der Waals surface area contributed by atoms with Crippen LogP contribution in [0.25, 0.3) is 0 Å². The maximum atomic E-state index is 13.2. The second-order valence-corrected chi connectivity index (χ2v) is 11.1. The number of benzene rings is 1. The Labute approximate surface area is 196 Å². The molecule has 0 saturated carbocycles. The molecule has 1 atom stereocenters. The molecular formula is C17H23I2N2O7P. The molecule has 0 unspecified atom stereocenters. The van der Waals surface area contributed by atoms with Crippen LogP contribution in [0.2, 0.25) is 0 Å². The Morgan fingerprint density at radius 1 is 1.38 bits per heavy atom. The number of aromatic hydroxyl groups is 1. The third kappa shape index (κ3) is 5.96. The number of phenolic OH excluding ortho intramolecular Hbond substituents is 1. The number of hydrogen-bond donors (Lipinski definition) is 3. The molecule has 0 spiro atoms. The van der Waals surface area contributed by atoms with E-state index in [1.807, 2.05) is 59.0 Å². The third-order valence-electron chi connectivity index (χ3n) is 4.44. The highest BCUT2D eigenvalue weighted by atomic mass is 127. The van der Waals surface area contributed by atoms with Crippen LogP contribution in [-0.2, 0) is 27.1 Å². The number of phenols is 1. The predicted molar refractivity (Wildman–Crippen MR) is 122 cm³/mol. The van der Waals surface area contributed by atoms with Crippen molar-refractivity contribution in [2.75, 3.05) is 19.9 Å². The Balaban J connectivity index is 2.48. The molecule has 12 heteroatoms. The summed E-state index contributed by atoms with van der Waals surface area (Å²) in [4.78, 5) is 46.8. The first-order valence-electron chi connectivity index (χ1n) is 8.72. The number of methoxy groups -OCH3 is 1. The third-order valence-corrected chi connectivity index (χ3v) is 7.13. The second-order valence-electron chi connectivity index (χ2n) is 7.23. The quantitative estimate of drug-likeness (QED) is 0.254. The molecule has 9 nitrogen and oxygen atoms in total. The SMILES string of the molecule is COC(=O)[C@@H]1Cc2cc(I)c(O)c(I)c2CN1C(=O)N(CC(C)C)CP(=O)(O)O. The highest BCUT2D eigenvalue weighted by molar-refractivity contribution is 14.1. The fraction of sp³-hybridized carbons (Fsp3) is 0.529. The molecule has 29 heavy (non-hydrogen) atoms. The minimum Gasteiger partial charge on any atom is -0.506 e. The van der Waals surface area contributed by atoms with Crippen LogP contribution in [0.3, 0.4) is 0 Å². The fourth-order valence-corrected chi connectivity index (χ4v) is 5.89. The number of carbonyl (C=O) groups excluding carboxylic acids is 2. The number of hydrogen-bond acceptors (Lipinski definition) is 5. The van der Waals surface area contributed by atoms with Gasteiger partial charge in [-0.3, -0.25) is 4.57 Å². The van der Waals surface area contributed by atoms with Crippen molar-refractivity contribution in [1.82, 2.24) is 9.80 Å². The van der Waals surface area contributed by atoms with E-state index in [2.05, 4.69) is 0 Å². The summed E-state index contributed by atoms with van der Waals surface area (Å²) in [6, 6.07) is 0.187. The monoisotopic (exact) mass is 652 g/mol. The predicted octanol–water partition coefficient (Wildman–Crippen LogP) is 2.71. The van der Waals surface area contributed by atoms with Gasteiger partial charge in [-0.15, -0.1) is 0 Å². The maximum Gasteiger partial charge on any atom is 0.344 e. The van der Waals surface area contributed by atoms with E-state index in [0.717, 1.165) is 10.5 Å². The molecule has 0 saturated heterocycles. The summed E-state index contributed by atoms with van der Waals surface area (Å²) in [6.45, 7) is 3.79. The molecule has 1 aliphatic rings. The molecule has 0 aromatic heterocycles. The first-order valence-corrected chi connectivity index (χ1v) is 12.7. The van der Waals surface area contributed by atoms with Crippen molar-refractivity contribution in [2.24, 2.45) is 5.92 Å². The van der Waals surface area contributed by atoms with Crippen molar-refractivity contribution in [3.63, 3.8) is 0 Å². The van der Waals surface area contributed by atoms with Crippen LogP contribution >= 0.6 is 52.8 Å². The van der Waals surface area contributed by atoms with Crippen molar-refractivity contribution >= 4 is 64.8 Å². The molecule has 1 aliphatic heterocycles. The van der Waals surface area contributed by atoms with Crippen LogP contribution in [0.1, 0.15) is 25.0 Å². The zero-order valence-electron chi connectivity index (χ0n) is 16.1. The first kappa shape index (κ1) is 24.6. The zero-order chi connectivity index (χ0) is 22.1. The van der Waals surface area contributed by atoms with E-state index in [4.69, 9.17) is 4.74 Å². The molecule has 1 heterocycles. The van der Waals surface area contributed by atoms with Crippen LogP contribution in [0.15, 0.2) is 6.07 Å². The fourth-order valence-electron chi connectivity index (χ4n) is 3.24. The zero-order valence-corrected chi connectivity index (χ0v) is 21.3. The van der Waals surface area contributed by atoms with Crippen LogP contribution in [-0.4, -0.2) is 62.7 Å². The summed E-state index contributed by atoms with van der Waals surface area (Å²) in [5.41, 5.74) is 1.53. The molecule has 3 N–H and O–H groups in total. The van der Waals surface area contributed by atoms with Gasteiger partial charge in [0.05, 0.1) is 14.3 Å². The molecule has 162 valence electrons. The number of carbonyl (C=O) groups is 2. The van der Waals surface area contributed by atoms with E-state index in [0.29, 0.717) is 12.7 Å². The van der Waals surface area contributed by atoms with Gasteiger partial charge in [0.2, 0.25) is 0 Å². The number of rotatable bonds is 5. The van der Waals surface area contributed by atoms with E-state index in [1.54, 1.807) is 6.07 Å². The van der Waals surface area contributed by atoms with Crippen LogP contribution < -0.4 is 0 Å². The summed E-state index contributed by atoms with van der Waals surface area (Å²) in [6.07, 6.45) is -0.554. The minimum absolute atomic E-state index is 0.0203. The summed E-state index contributed by atoms with van der Waals surface area (Å²) in [5, 5.41) is 10.3. The first-order chi connectivity index (χ1) is 13.4.